The summed E-state index contributed by atoms with van der Waals surface area (Å²) in [7, 11) is 0. The van der Waals surface area contributed by atoms with Crippen LogP contribution in [-0.2, 0) is 6.42 Å². The van der Waals surface area contributed by atoms with E-state index in [1.165, 1.54) is 12.8 Å². The standard InChI is InChI=1S/C12H13F2N3/c13-8-5-10-11(6-9(8)14)17-12(16-10)3-4-15-7-1-2-7/h5-7,15H,1-4H2,(H,16,17). The summed E-state index contributed by atoms with van der Waals surface area (Å²) in [6, 6.07) is 2.93. The fraction of sp³-hybridized carbons (Fsp3) is 0.417. The van der Waals surface area contributed by atoms with Gasteiger partial charge < -0.3 is 10.3 Å². The first-order valence-electron chi connectivity index (χ1n) is 5.79. The van der Waals surface area contributed by atoms with Crippen molar-refractivity contribution in [1.29, 1.82) is 0 Å². The molecule has 0 atom stereocenters. The molecule has 0 saturated heterocycles. The fourth-order valence-electron chi connectivity index (χ4n) is 1.86. The zero-order valence-electron chi connectivity index (χ0n) is 9.26. The Hall–Kier alpha value is -1.49. The number of hydrogen-bond acceptors (Lipinski definition) is 2. The first kappa shape index (κ1) is 10.7. The van der Waals surface area contributed by atoms with E-state index < -0.39 is 11.6 Å². The van der Waals surface area contributed by atoms with Crippen LogP contribution in [-0.4, -0.2) is 22.6 Å². The van der Waals surface area contributed by atoms with Gasteiger partial charge in [0.1, 0.15) is 5.82 Å². The van der Waals surface area contributed by atoms with Crippen molar-refractivity contribution in [2.45, 2.75) is 25.3 Å². The van der Waals surface area contributed by atoms with Crippen LogP contribution in [0.15, 0.2) is 12.1 Å². The summed E-state index contributed by atoms with van der Waals surface area (Å²) >= 11 is 0. The van der Waals surface area contributed by atoms with Gasteiger partial charge >= 0.3 is 0 Å². The predicted octanol–water partition coefficient (Wildman–Crippen LogP) is 2.14. The quantitative estimate of drug-likeness (QED) is 0.855. The highest BCUT2D eigenvalue weighted by Gasteiger charge is 2.19. The number of H-pyrrole nitrogens is 1. The Morgan fingerprint density at radius 2 is 2.06 bits per heavy atom. The third-order valence-electron chi connectivity index (χ3n) is 2.95. The van der Waals surface area contributed by atoms with Crippen LogP contribution < -0.4 is 5.32 Å². The van der Waals surface area contributed by atoms with Crippen molar-refractivity contribution in [2.24, 2.45) is 0 Å². The lowest BCUT2D eigenvalue weighted by Gasteiger charge is -1.98. The number of benzene rings is 1. The Morgan fingerprint density at radius 1 is 1.29 bits per heavy atom. The van der Waals surface area contributed by atoms with E-state index in [4.69, 9.17) is 0 Å². The summed E-state index contributed by atoms with van der Waals surface area (Å²) in [6.45, 7) is 0.843. The van der Waals surface area contributed by atoms with Crippen molar-refractivity contribution in [3.8, 4) is 0 Å². The van der Waals surface area contributed by atoms with E-state index in [0.29, 0.717) is 17.1 Å². The molecule has 0 aliphatic heterocycles. The van der Waals surface area contributed by atoms with Gasteiger partial charge in [0.05, 0.1) is 11.0 Å². The van der Waals surface area contributed by atoms with Crippen LogP contribution in [0.1, 0.15) is 18.7 Å². The van der Waals surface area contributed by atoms with E-state index in [1.54, 1.807) is 0 Å². The van der Waals surface area contributed by atoms with Gasteiger partial charge in [-0.15, -0.1) is 0 Å². The molecule has 1 aliphatic carbocycles. The molecule has 0 bridgehead atoms. The minimum absolute atomic E-state index is 0.477. The second-order valence-electron chi connectivity index (χ2n) is 4.45. The highest BCUT2D eigenvalue weighted by Crippen LogP contribution is 2.19. The highest BCUT2D eigenvalue weighted by molar-refractivity contribution is 5.75. The number of nitrogens with one attached hydrogen (secondary N) is 2. The van der Waals surface area contributed by atoms with Crippen molar-refractivity contribution in [3.63, 3.8) is 0 Å². The van der Waals surface area contributed by atoms with Gasteiger partial charge in [-0.25, -0.2) is 13.8 Å². The largest absolute Gasteiger partial charge is 0.342 e. The van der Waals surface area contributed by atoms with Gasteiger partial charge in [0.2, 0.25) is 0 Å². The molecule has 2 aromatic rings. The molecular weight excluding hydrogens is 224 g/mol. The number of nitrogens with zero attached hydrogens (tertiary/aromatic N) is 1. The molecule has 1 aromatic carbocycles. The van der Waals surface area contributed by atoms with Crippen LogP contribution in [0.4, 0.5) is 8.78 Å². The second kappa shape index (κ2) is 4.07. The summed E-state index contributed by atoms with van der Waals surface area (Å²) in [5, 5.41) is 3.36. The summed E-state index contributed by atoms with van der Waals surface area (Å²) in [5.74, 6) is -0.936. The zero-order chi connectivity index (χ0) is 11.8. The van der Waals surface area contributed by atoms with E-state index in [2.05, 4.69) is 15.3 Å². The summed E-state index contributed by atoms with van der Waals surface area (Å²) in [5.41, 5.74) is 1.02. The lowest BCUT2D eigenvalue weighted by atomic mass is 10.3. The third-order valence-corrected chi connectivity index (χ3v) is 2.95. The van der Waals surface area contributed by atoms with E-state index in [-0.39, 0.29) is 0 Å². The molecule has 5 heteroatoms. The Bertz CT molecular complexity index is 507. The maximum absolute atomic E-state index is 13.0. The molecule has 17 heavy (non-hydrogen) atoms. The topological polar surface area (TPSA) is 40.7 Å². The molecule has 0 spiro atoms. The minimum atomic E-state index is -0.855. The normalized spacial score (nSPS) is 15.6. The van der Waals surface area contributed by atoms with E-state index in [1.807, 2.05) is 0 Å². The Morgan fingerprint density at radius 3 is 2.82 bits per heavy atom. The first-order chi connectivity index (χ1) is 8.22. The minimum Gasteiger partial charge on any atom is -0.342 e. The summed E-state index contributed by atoms with van der Waals surface area (Å²) in [6.07, 6.45) is 3.24. The average Bonchev–Trinajstić information content (AvgIpc) is 3.02. The van der Waals surface area contributed by atoms with Crippen LogP contribution >= 0.6 is 0 Å². The van der Waals surface area contributed by atoms with Gasteiger partial charge in [0, 0.05) is 31.1 Å². The van der Waals surface area contributed by atoms with Crippen molar-refractivity contribution in [2.75, 3.05) is 6.54 Å². The molecule has 90 valence electrons. The molecule has 1 fully saturated rings. The van der Waals surface area contributed by atoms with Gasteiger partial charge in [-0.05, 0) is 12.8 Å². The third kappa shape index (κ3) is 2.29. The van der Waals surface area contributed by atoms with Crippen LogP contribution in [0.3, 0.4) is 0 Å². The highest BCUT2D eigenvalue weighted by atomic mass is 19.2. The molecule has 1 aliphatic rings. The predicted molar refractivity (Wildman–Crippen MR) is 60.7 cm³/mol. The lowest BCUT2D eigenvalue weighted by Crippen LogP contribution is -2.19. The number of hydrogen-bond donors (Lipinski definition) is 2. The first-order valence-corrected chi connectivity index (χ1v) is 5.79. The van der Waals surface area contributed by atoms with Crippen LogP contribution in [0, 0.1) is 11.6 Å². The monoisotopic (exact) mass is 237 g/mol. The molecule has 0 unspecified atom stereocenters. The van der Waals surface area contributed by atoms with E-state index in [0.717, 1.165) is 30.9 Å². The Labute approximate surface area is 97.2 Å². The van der Waals surface area contributed by atoms with Crippen LogP contribution in [0.25, 0.3) is 11.0 Å². The van der Waals surface area contributed by atoms with Gasteiger partial charge in [-0.2, -0.15) is 0 Å². The number of rotatable bonds is 4. The fourth-order valence-corrected chi connectivity index (χ4v) is 1.86. The van der Waals surface area contributed by atoms with E-state index in [9.17, 15) is 8.78 Å². The Kier molecular flexibility index (Phi) is 2.55. The molecule has 3 nitrogen and oxygen atoms in total. The zero-order valence-corrected chi connectivity index (χ0v) is 9.26. The van der Waals surface area contributed by atoms with Crippen molar-refractivity contribution in [1.82, 2.24) is 15.3 Å². The summed E-state index contributed by atoms with van der Waals surface area (Å²) in [4.78, 5) is 7.23. The molecule has 0 radical (unpaired) electrons. The number of imidazole rings is 1. The summed E-state index contributed by atoms with van der Waals surface area (Å²) < 4.78 is 26.0. The molecule has 2 N–H and O–H groups in total. The Balaban J connectivity index is 1.75. The van der Waals surface area contributed by atoms with Crippen LogP contribution in [0.5, 0.6) is 0 Å². The van der Waals surface area contributed by atoms with Crippen LogP contribution in [0.2, 0.25) is 0 Å². The van der Waals surface area contributed by atoms with Gasteiger partial charge in [-0.3, -0.25) is 0 Å². The van der Waals surface area contributed by atoms with E-state index >= 15 is 0 Å². The van der Waals surface area contributed by atoms with Gasteiger partial charge in [0.25, 0.3) is 0 Å². The number of halogens is 2. The molecular formula is C12H13F2N3. The number of aromatic amines is 1. The number of aromatic nitrogens is 2. The SMILES string of the molecule is Fc1cc2nc(CCNC3CC3)[nH]c2cc1F. The molecule has 0 amide bonds. The van der Waals surface area contributed by atoms with Crippen molar-refractivity contribution in [3.05, 3.63) is 29.6 Å². The maximum atomic E-state index is 13.0. The lowest BCUT2D eigenvalue weighted by molar-refractivity contribution is 0.510. The smallest absolute Gasteiger partial charge is 0.161 e. The average molecular weight is 237 g/mol. The maximum Gasteiger partial charge on any atom is 0.161 e. The second-order valence-corrected chi connectivity index (χ2v) is 4.45. The molecule has 3 rings (SSSR count). The molecule has 1 saturated carbocycles. The van der Waals surface area contributed by atoms with Gasteiger partial charge in [-0.1, -0.05) is 0 Å². The molecule has 1 heterocycles. The van der Waals surface area contributed by atoms with Gasteiger partial charge in [0.15, 0.2) is 11.6 Å². The number of fused-ring (bicyclic) bond motifs is 1. The van der Waals surface area contributed by atoms with Crippen molar-refractivity contribution >= 4 is 11.0 Å². The molecule has 1 aromatic heterocycles. The van der Waals surface area contributed by atoms with Crippen molar-refractivity contribution < 1.29 is 8.78 Å².